The normalized spacial score (nSPS) is 18.3. The van der Waals surface area contributed by atoms with E-state index >= 15 is 0 Å². The van der Waals surface area contributed by atoms with Crippen molar-refractivity contribution >= 4 is 27.5 Å². The van der Waals surface area contributed by atoms with E-state index in [1.54, 1.807) is 0 Å². The first-order valence-electron chi connectivity index (χ1n) is 9.50. The van der Waals surface area contributed by atoms with Gasteiger partial charge in [0.05, 0.1) is 6.42 Å². The number of carbonyl (C=O) groups is 1. The van der Waals surface area contributed by atoms with E-state index in [2.05, 4.69) is 21.2 Å². The molecule has 0 unspecified atom stereocenters. The number of amides is 1. The molecule has 1 aliphatic carbocycles. The zero-order valence-electron chi connectivity index (χ0n) is 15.3. The summed E-state index contributed by atoms with van der Waals surface area (Å²) >= 11 is 3.51. The zero-order valence-corrected chi connectivity index (χ0v) is 16.8. The summed E-state index contributed by atoms with van der Waals surface area (Å²) in [6.07, 6.45) is 4.25. The fourth-order valence-electron chi connectivity index (χ4n) is 3.91. The Morgan fingerprint density at radius 1 is 0.964 bits per heavy atom. The summed E-state index contributed by atoms with van der Waals surface area (Å²) in [6.45, 7) is 1.05. The predicted molar refractivity (Wildman–Crippen MR) is 106 cm³/mol. The highest BCUT2D eigenvalue weighted by Gasteiger charge is 2.44. The van der Waals surface area contributed by atoms with Crippen LogP contribution in [-0.2, 0) is 11.2 Å². The second-order valence-electron chi connectivity index (χ2n) is 7.30. The lowest BCUT2D eigenvalue weighted by atomic mass is 10.1. The topological polar surface area (TPSA) is 66.0 Å². The number of carbonyl (C=O) groups excluding carboxylic acids is 1. The summed E-state index contributed by atoms with van der Waals surface area (Å²) in [6, 6.07) is 9.23. The van der Waals surface area contributed by atoms with Gasteiger partial charge in [0.25, 0.3) is 5.79 Å². The molecule has 2 heterocycles. The Hall–Kier alpha value is -2.41. The van der Waals surface area contributed by atoms with Gasteiger partial charge in [-0.05, 0) is 42.7 Å². The van der Waals surface area contributed by atoms with Crippen LogP contribution in [0.3, 0.4) is 0 Å². The molecule has 0 saturated heterocycles. The van der Waals surface area contributed by atoms with Crippen molar-refractivity contribution in [1.82, 2.24) is 0 Å². The third kappa shape index (κ3) is 3.28. The summed E-state index contributed by atoms with van der Waals surface area (Å²) in [5.41, 5.74) is 1.53. The Morgan fingerprint density at radius 2 is 1.68 bits per heavy atom. The number of hydrogen-bond donors (Lipinski definition) is 1. The van der Waals surface area contributed by atoms with Crippen molar-refractivity contribution in [3.8, 4) is 23.0 Å². The molecule has 1 N–H and O–H groups in total. The molecule has 6 nitrogen and oxygen atoms in total. The molecule has 0 radical (unpaired) electrons. The Kier molecular flexibility index (Phi) is 4.34. The predicted octanol–water partition coefficient (Wildman–Crippen LogP) is 4.44. The summed E-state index contributed by atoms with van der Waals surface area (Å²) < 4.78 is 24.1. The van der Waals surface area contributed by atoms with Crippen molar-refractivity contribution in [2.45, 2.75) is 37.9 Å². The van der Waals surface area contributed by atoms with Crippen LogP contribution in [0, 0.1) is 0 Å². The van der Waals surface area contributed by atoms with Crippen LogP contribution in [0.4, 0.5) is 5.69 Å². The molecular weight excluding hydrogens is 426 g/mol. The smallest absolute Gasteiger partial charge is 0.251 e. The minimum absolute atomic E-state index is 0.119. The van der Waals surface area contributed by atoms with E-state index in [-0.39, 0.29) is 12.3 Å². The maximum absolute atomic E-state index is 12.6. The Balaban J connectivity index is 1.28. The summed E-state index contributed by atoms with van der Waals surface area (Å²) in [5.74, 6) is 2.18. The largest absolute Gasteiger partial charge is 0.486 e. The van der Waals surface area contributed by atoms with E-state index in [0.29, 0.717) is 36.1 Å². The van der Waals surface area contributed by atoms with Gasteiger partial charge in [0.15, 0.2) is 23.0 Å². The van der Waals surface area contributed by atoms with Gasteiger partial charge in [0, 0.05) is 29.1 Å². The second kappa shape index (κ2) is 6.88. The first-order chi connectivity index (χ1) is 13.6. The molecule has 0 atom stereocenters. The third-order valence-corrected chi connectivity index (χ3v) is 5.99. The van der Waals surface area contributed by atoms with Crippen molar-refractivity contribution < 1.29 is 23.7 Å². The van der Waals surface area contributed by atoms with Crippen molar-refractivity contribution in [3.63, 3.8) is 0 Å². The fraction of sp³-hybridized carbons (Fsp3) is 0.381. The van der Waals surface area contributed by atoms with E-state index in [0.717, 1.165) is 41.5 Å². The number of halogens is 1. The fourth-order valence-corrected chi connectivity index (χ4v) is 4.37. The maximum Gasteiger partial charge on any atom is 0.251 e. The standard InChI is InChI=1S/C21H20BrNO5/c22-15-12-18-17(25-7-8-26-18)9-13(15)10-20(24)23-14-3-4-16-19(11-14)28-21(27-16)5-1-2-6-21/h3-4,9,11-12H,1-2,5-8,10H2,(H,23,24). The number of fused-ring (bicyclic) bond motifs is 2. The lowest BCUT2D eigenvalue weighted by Crippen LogP contribution is -2.34. The van der Waals surface area contributed by atoms with Gasteiger partial charge in [0.2, 0.25) is 5.91 Å². The highest BCUT2D eigenvalue weighted by Crippen LogP contribution is 2.47. The number of ether oxygens (including phenoxy) is 4. The van der Waals surface area contributed by atoms with Crippen LogP contribution in [0.2, 0.25) is 0 Å². The van der Waals surface area contributed by atoms with Crippen LogP contribution in [0.5, 0.6) is 23.0 Å². The minimum atomic E-state index is -0.499. The first-order valence-corrected chi connectivity index (χ1v) is 10.3. The van der Waals surface area contributed by atoms with Gasteiger partial charge in [-0.2, -0.15) is 0 Å². The van der Waals surface area contributed by atoms with Gasteiger partial charge in [0.1, 0.15) is 13.2 Å². The molecule has 1 spiro atoms. The number of benzene rings is 2. The van der Waals surface area contributed by atoms with Gasteiger partial charge in [-0.15, -0.1) is 0 Å². The molecule has 146 valence electrons. The van der Waals surface area contributed by atoms with E-state index in [1.165, 1.54) is 0 Å². The third-order valence-electron chi connectivity index (χ3n) is 5.25. The van der Waals surface area contributed by atoms with Gasteiger partial charge >= 0.3 is 0 Å². The van der Waals surface area contributed by atoms with Crippen molar-refractivity contribution in [2.24, 2.45) is 0 Å². The molecular formula is C21H20BrNO5. The summed E-state index contributed by atoms with van der Waals surface area (Å²) in [7, 11) is 0. The Bertz CT molecular complexity index is 939. The summed E-state index contributed by atoms with van der Waals surface area (Å²) in [5, 5.41) is 2.94. The van der Waals surface area contributed by atoms with Crippen LogP contribution in [0.25, 0.3) is 0 Å². The van der Waals surface area contributed by atoms with Crippen molar-refractivity contribution in [3.05, 3.63) is 40.4 Å². The van der Waals surface area contributed by atoms with E-state index in [9.17, 15) is 4.79 Å². The monoisotopic (exact) mass is 445 g/mol. The molecule has 1 saturated carbocycles. The van der Waals surface area contributed by atoms with Gasteiger partial charge in [-0.3, -0.25) is 4.79 Å². The van der Waals surface area contributed by atoms with E-state index < -0.39 is 5.79 Å². The molecule has 2 aromatic rings. The molecule has 1 amide bonds. The van der Waals surface area contributed by atoms with Gasteiger partial charge in [-0.25, -0.2) is 0 Å². The first kappa shape index (κ1) is 17.7. The molecule has 7 heteroatoms. The molecule has 3 aliphatic rings. The number of rotatable bonds is 3. The number of hydrogen-bond acceptors (Lipinski definition) is 5. The van der Waals surface area contributed by atoms with Crippen LogP contribution in [0.1, 0.15) is 31.2 Å². The molecule has 0 aromatic heterocycles. The molecule has 5 rings (SSSR count). The van der Waals surface area contributed by atoms with Crippen LogP contribution in [0.15, 0.2) is 34.8 Å². The molecule has 2 aliphatic heterocycles. The minimum Gasteiger partial charge on any atom is -0.486 e. The number of anilines is 1. The van der Waals surface area contributed by atoms with Crippen LogP contribution >= 0.6 is 15.9 Å². The van der Waals surface area contributed by atoms with E-state index in [1.807, 2.05) is 30.3 Å². The lowest BCUT2D eigenvalue weighted by molar-refractivity contribution is -0.115. The molecule has 0 bridgehead atoms. The molecule has 1 fully saturated rings. The average Bonchev–Trinajstić information content (AvgIpc) is 3.28. The van der Waals surface area contributed by atoms with Crippen LogP contribution in [-0.4, -0.2) is 24.9 Å². The quantitative estimate of drug-likeness (QED) is 0.755. The maximum atomic E-state index is 12.6. The van der Waals surface area contributed by atoms with Crippen molar-refractivity contribution in [2.75, 3.05) is 18.5 Å². The average molecular weight is 446 g/mol. The number of nitrogens with one attached hydrogen (secondary N) is 1. The highest BCUT2D eigenvalue weighted by atomic mass is 79.9. The van der Waals surface area contributed by atoms with Crippen molar-refractivity contribution in [1.29, 1.82) is 0 Å². The Labute approximate surface area is 171 Å². The summed E-state index contributed by atoms with van der Waals surface area (Å²) in [4.78, 5) is 12.6. The van der Waals surface area contributed by atoms with Gasteiger partial charge in [-0.1, -0.05) is 15.9 Å². The SMILES string of the molecule is O=C(Cc1cc2c(cc1Br)OCCO2)Nc1ccc2c(c1)OC1(CCCC1)O2. The lowest BCUT2D eigenvalue weighted by Gasteiger charge is -2.21. The van der Waals surface area contributed by atoms with Crippen LogP contribution < -0.4 is 24.3 Å². The van der Waals surface area contributed by atoms with E-state index in [4.69, 9.17) is 18.9 Å². The molecule has 2 aromatic carbocycles. The Morgan fingerprint density at radius 3 is 2.46 bits per heavy atom. The van der Waals surface area contributed by atoms with Gasteiger partial charge < -0.3 is 24.3 Å². The second-order valence-corrected chi connectivity index (χ2v) is 8.15. The molecule has 28 heavy (non-hydrogen) atoms. The zero-order chi connectivity index (χ0) is 19.1. The highest BCUT2D eigenvalue weighted by molar-refractivity contribution is 9.10.